The first-order valence-corrected chi connectivity index (χ1v) is 10.3. The quantitative estimate of drug-likeness (QED) is 0.198. The zero-order valence-electron chi connectivity index (χ0n) is 10.9. The highest BCUT2D eigenvalue weighted by molar-refractivity contribution is 14.1. The largest absolute Gasteiger partial charge is 0.743 e. The summed E-state index contributed by atoms with van der Waals surface area (Å²) in [7, 11) is -6.12. The van der Waals surface area contributed by atoms with Crippen molar-refractivity contribution in [2.24, 2.45) is 0 Å². The number of esters is 1. The first kappa shape index (κ1) is 21.6. The molecule has 0 radical (unpaired) electrons. The summed E-state index contributed by atoms with van der Waals surface area (Å²) < 4.78 is 76.7. The van der Waals surface area contributed by atoms with Crippen molar-refractivity contribution in [3.05, 3.63) is 28.4 Å². The third-order valence-corrected chi connectivity index (χ3v) is 7.11. The Morgan fingerprint density at radius 2 is 1.87 bits per heavy atom. The molecule has 1 atom stereocenters. The molecule has 1 aromatic carbocycles. The summed E-state index contributed by atoms with van der Waals surface area (Å²) in [5, 5.41) is -5.06. The molecule has 0 aromatic heterocycles. The van der Waals surface area contributed by atoms with Gasteiger partial charge < -0.3 is 9.29 Å². The van der Waals surface area contributed by atoms with Crippen LogP contribution in [0.15, 0.2) is 12.1 Å². The SMILES string of the molecule is O=C(OCCC(F)C(F)(F)S(=O)(=O)[O-])c1cc(I)cc(I)c1I. The second kappa shape index (κ2) is 8.31. The van der Waals surface area contributed by atoms with Crippen LogP contribution in [0.3, 0.4) is 0 Å². The van der Waals surface area contributed by atoms with Gasteiger partial charge in [-0.15, -0.1) is 0 Å². The summed E-state index contributed by atoms with van der Waals surface area (Å²) in [5.41, 5.74) is 0.181. The van der Waals surface area contributed by atoms with Gasteiger partial charge in [-0.1, -0.05) is 0 Å². The normalized spacial score (nSPS) is 13.7. The number of rotatable bonds is 6. The minimum absolute atomic E-state index is 0.181. The van der Waals surface area contributed by atoms with Gasteiger partial charge in [0.1, 0.15) is 0 Å². The van der Waals surface area contributed by atoms with E-state index in [1.54, 1.807) is 6.07 Å². The molecule has 0 saturated heterocycles. The van der Waals surface area contributed by atoms with Gasteiger partial charge in [-0.2, -0.15) is 8.78 Å². The maximum atomic E-state index is 13.2. The van der Waals surface area contributed by atoms with E-state index in [-0.39, 0.29) is 5.56 Å². The zero-order valence-corrected chi connectivity index (χ0v) is 18.2. The molecule has 0 amide bonds. The van der Waals surface area contributed by atoms with E-state index in [1.165, 1.54) is 6.07 Å². The van der Waals surface area contributed by atoms with Gasteiger partial charge in [-0.05, 0) is 79.9 Å². The zero-order chi connectivity index (χ0) is 18.0. The molecule has 1 aromatic rings. The minimum Gasteiger partial charge on any atom is -0.743 e. The van der Waals surface area contributed by atoms with E-state index in [4.69, 9.17) is 0 Å². The molecule has 12 heteroatoms. The molecular formula is C11H7F3I3O5S-. The van der Waals surface area contributed by atoms with Gasteiger partial charge in [0.05, 0.1) is 12.2 Å². The lowest BCUT2D eigenvalue weighted by atomic mass is 10.2. The van der Waals surface area contributed by atoms with Crippen molar-refractivity contribution in [3.8, 4) is 0 Å². The van der Waals surface area contributed by atoms with E-state index in [1.807, 2.05) is 67.8 Å². The summed E-state index contributed by atoms with van der Waals surface area (Å²) in [5.74, 6) is -0.855. The van der Waals surface area contributed by atoms with E-state index in [0.29, 0.717) is 3.57 Å². The van der Waals surface area contributed by atoms with Crippen molar-refractivity contribution < 1.29 is 35.7 Å². The Labute approximate surface area is 170 Å². The molecule has 0 aliphatic heterocycles. The number of hydrogen-bond donors (Lipinski definition) is 0. The topological polar surface area (TPSA) is 83.5 Å². The van der Waals surface area contributed by atoms with E-state index in [9.17, 15) is 30.9 Å². The molecule has 23 heavy (non-hydrogen) atoms. The van der Waals surface area contributed by atoms with Crippen LogP contribution in [0.1, 0.15) is 16.8 Å². The molecule has 0 heterocycles. The van der Waals surface area contributed by atoms with Crippen molar-refractivity contribution in [2.75, 3.05) is 6.61 Å². The lowest BCUT2D eigenvalue weighted by molar-refractivity contribution is -0.0169. The molecule has 0 aliphatic carbocycles. The first-order chi connectivity index (χ1) is 10.4. The molecule has 0 N–H and O–H groups in total. The van der Waals surface area contributed by atoms with Crippen LogP contribution in [0.4, 0.5) is 13.2 Å². The van der Waals surface area contributed by atoms with Gasteiger partial charge in [-0.3, -0.25) is 0 Å². The van der Waals surface area contributed by atoms with Gasteiger partial charge in [0.15, 0.2) is 16.3 Å². The Hall–Kier alpha value is 0.580. The summed E-state index contributed by atoms with van der Waals surface area (Å²) in [4.78, 5) is 11.9. The minimum atomic E-state index is -6.12. The van der Waals surface area contributed by atoms with Crippen LogP contribution < -0.4 is 0 Å². The highest BCUT2D eigenvalue weighted by atomic mass is 127. The molecule has 1 rings (SSSR count). The van der Waals surface area contributed by atoms with Gasteiger partial charge >= 0.3 is 11.2 Å². The predicted molar refractivity (Wildman–Crippen MR) is 99.0 cm³/mol. The number of carbonyl (C=O) groups is 1. The fraction of sp³-hybridized carbons (Fsp3) is 0.364. The molecule has 0 bridgehead atoms. The highest BCUT2D eigenvalue weighted by Crippen LogP contribution is 2.29. The van der Waals surface area contributed by atoms with E-state index < -0.39 is 40.5 Å². The number of halogens is 6. The van der Waals surface area contributed by atoms with Gasteiger partial charge in [0, 0.05) is 17.1 Å². The van der Waals surface area contributed by atoms with Crippen molar-refractivity contribution in [2.45, 2.75) is 17.8 Å². The molecule has 1 unspecified atom stereocenters. The Morgan fingerprint density at radius 1 is 1.30 bits per heavy atom. The number of alkyl halides is 3. The second-order valence-electron chi connectivity index (χ2n) is 4.16. The molecule has 0 aliphatic rings. The van der Waals surface area contributed by atoms with Crippen molar-refractivity contribution >= 4 is 83.9 Å². The van der Waals surface area contributed by atoms with E-state index in [0.717, 1.165) is 7.14 Å². The standard InChI is InChI=1S/C11H8F3I3O5S/c12-8(11(13,14)23(19,20)21)1-2-22-10(18)6-3-5(15)4-7(16)9(6)17/h3-4,8H,1-2H2,(H,19,20,21)/p-1. The molecule has 0 spiro atoms. The molecule has 130 valence electrons. The third kappa shape index (κ3) is 5.53. The molecule has 0 fully saturated rings. The third-order valence-electron chi connectivity index (χ3n) is 2.52. The molecule has 0 saturated carbocycles. The van der Waals surface area contributed by atoms with Crippen LogP contribution in [0.2, 0.25) is 0 Å². The lowest BCUT2D eigenvalue weighted by Crippen LogP contribution is -2.39. The number of hydrogen-bond acceptors (Lipinski definition) is 5. The van der Waals surface area contributed by atoms with Crippen LogP contribution in [0.5, 0.6) is 0 Å². The predicted octanol–water partition coefficient (Wildman–Crippen LogP) is 3.52. The summed E-state index contributed by atoms with van der Waals surface area (Å²) in [6.45, 7) is -0.788. The monoisotopic (exact) mass is 689 g/mol. The average Bonchev–Trinajstić information content (AvgIpc) is 2.41. The Bertz CT molecular complexity index is 711. The highest BCUT2D eigenvalue weighted by Gasteiger charge is 2.47. The fourth-order valence-electron chi connectivity index (χ4n) is 1.36. The summed E-state index contributed by atoms with van der Waals surface area (Å²) in [6.07, 6.45) is -4.37. The van der Waals surface area contributed by atoms with Crippen LogP contribution in [-0.4, -0.2) is 37.0 Å². The average molecular weight is 689 g/mol. The van der Waals surface area contributed by atoms with Crippen LogP contribution in [-0.2, 0) is 14.9 Å². The van der Waals surface area contributed by atoms with Gasteiger partial charge in [-0.25, -0.2) is 17.6 Å². The molecule has 5 nitrogen and oxygen atoms in total. The Balaban J connectivity index is 2.72. The van der Waals surface area contributed by atoms with E-state index in [2.05, 4.69) is 4.74 Å². The molecular weight excluding hydrogens is 682 g/mol. The van der Waals surface area contributed by atoms with E-state index >= 15 is 0 Å². The van der Waals surface area contributed by atoms with Crippen LogP contribution >= 0.6 is 67.8 Å². The number of ether oxygens (including phenoxy) is 1. The fourth-order valence-corrected chi connectivity index (χ4v) is 4.17. The Kier molecular flexibility index (Phi) is 7.81. The number of benzene rings is 1. The van der Waals surface area contributed by atoms with Crippen LogP contribution in [0.25, 0.3) is 0 Å². The van der Waals surface area contributed by atoms with Crippen molar-refractivity contribution in [3.63, 3.8) is 0 Å². The second-order valence-corrected chi connectivity index (χ2v) is 9.10. The maximum absolute atomic E-state index is 13.2. The van der Waals surface area contributed by atoms with Gasteiger partial charge in [0.25, 0.3) is 0 Å². The number of carbonyl (C=O) groups excluding carboxylic acids is 1. The van der Waals surface area contributed by atoms with Gasteiger partial charge in [0.2, 0.25) is 0 Å². The van der Waals surface area contributed by atoms with Crippen LogP contribution in [0, 0.1) is 10.7 Å². The smallest absolute Gasteiger partial charge is 0.364 e. The summed E-state index contributed by atoms with van der Waals surface area (Å²) >= 11 is 5.87. The first-order valence-electron chi connectivity index (χ1n) is 5.67. The maximum Gasteiger partial charge on any atom is 0.364 e. The Morgan fingerprint density at radius 3 is 2.39 bits per heavy atom. The van der Waals surface area contributed by atoms with Crippen molar-refractivity contribution in [1.82, 2.24) is 0 Å². The lowest BCUT2D eigenvalue weighted by Gasteiger charge is -2.23. The summed E-state index contributed by atoms with van der Waals surface area (Å²) in [6, 6.07) is 3.31. The van der Waals surface area contributed by atoms with Crippen molar-refractivity contribution in [1.29, 1.82) is 0 Å².